The zero-order valence-corrected chi connectivity index (χ0v) is 9.48. The summed E-state index contributed by atoms with van der Waals surface area (Å²) in [7, 11) is 0. The summed E-state index contributed by atoms with van der Waals surface area (Å²) in [5.41, 5.74) is 0. The normalized spacial score (nSPS) is 15.0. The zero-order chi connectivity index (χ0) is 10.3. The maximum absolute atomic E-state index is 11.1. The van der Waals surface area contributed by atoms with Crippen LogP contribution < -0.4 is 0 Å². The number of carbonyl (C=O) groups excluding carboxylic acids is 1. The molecule has 0 bridgehead atoms. The Bertz CT molecular complexity index is 203. The van der Waals surface area contributed by atoms with Gasteiger partial charge in [0.25, 0.3) is 0 Å². The van der Waals surface area contributed by atoms with Gasteiger partial charge >= 0.3 is 79.6 Å². The predicted molar refractivity (Wildman–Crippen MR) is 46.2 cm³/mol. The van der Waals surface area contributed by atoms with Crippen molar-refractivity contribution in [1.29, 1.82) is 0 Å². The Hall–Kier alpha value is -0.252. The summed E-state index contributed by atoms with van der Waals surface area (Å²) < 4.78 is 24.4. The van der Waals surface area contributed by atoms with E-state index in [4.69, 9.17) is 9.20 Å². The second kappa shape index (κ2) is 6.24. The number of aliphatic hydroxyl groups excluding tert-OH is 1. The van der Waals surface area contributed by atoms with Crippen molar-refractivity contribution in [1.82, 2.24) is 0 Å². The monoisotopic (exact) mass is 254 g/mol. The van der Waals surface area contributed by atoms with Gasteiger partial charge in [-0.25, -0.2) is 0 Å². The third-order valence-electron chi connectivity index (χ3n) is 1.42. The van der Waals surface area contributed by atoms with E-state index in [9.17, 15) is 8.53 Å². The van der Waals surface area contributed by atoms with E-state index in [1.165, 1.54) is 0 Å². The summed E-state index contributed by atoms with van der Waals surface area (Å²) in [5, 5.41) is 8.30. The average molecular weight is 254 g/mol. The van der Waals surface area contributed by atoms with Gasteiger partial charge < -0.3 is 0 Å². The molecule has 0 radical (unpaired) electrons. The molecule has 2 N–H and O–H groups in total. The standard InChI is InChI=1S/C7H15AsO5/c1-2-3-4-5-8(11,12)13-7(10)6-9/h9H,2-6H2,1H3,(H,11,12). The second-order valence-electron chi connectivity index (χ2n) is 2.69. The Balaban J connectivity index is 3.80. The number of hydrogen-bond acceptors (Lipinski definition) is 4. The van der Waals surface area contributed by atoms with Gasteiger partial charge in [0.05, 0.1) is 0 Å². The molecular weight excluding hydrogens is 239 g/mol. The van der Waals surface area contributed by atoms with Crippen LogP contribution in [0, 0.1) is 0 Å². The number of aliphatic hydroxyl groups is 1. The number of unbranched alkanes of at least 4 members (excludes halogenated alkanes) is 2. The molecule has 0 heterocycles. The first-order chi connectivity index (χ1) is 6.02. The Morgan fingerprint density at radius 2 is 2.08 bits per heavy atom. The van der Waals surface area contributed by atoms with Crippen molar-refractivity contribution >= 4 is 20.1 Å². The third-order valence-corrected chi connectivity index (χ3v) is 4.29. The zero-order valence-electron chi connectivity index (χ0n) is 7.60. The molecule has 0 spiro atoms. The van der Waals surface area contributed by atoms with Crippen LogP contribution in [-0.2, 0) is 12.3 Å². The summed E-state index contributed by atoms with van der Waals surface area (Å²) >= 11 is -4.42. The van der Waals surface area contributed by atoms with Gasteiger partial charge in [0.2, 0.25) is 0 Å². The molecule has 0 aliphatic rings. The SMILES string of the molecule is CCCCC[As](=O)(O)OC(=O)CO. The summed E-state index contributed by atoms with van der Waals surface area (Å²) in [6.45, 7) is 1.12. The molecule has 0 aliphatic carbocycles. The molecule has 0 aromatic rings. The first-order valence-corrected chi connectivity index (χ1v) is 7.86. The van der Waals surface area contributed by atoms with E-state index < -0.39 is 26.7 Å². The molecule has 13 heavy (non-hydrogen) atoms. The van der Waals surface area contributed by atoms with E-state index >= 15 is 0 Å². The molecule has 0 aliphatic heterocycles. The first kappa shape index (κ1) is 12.7. The molecule has 1 unspecified atom stereocenters. The van der Waals surface area contributed by atoms with Crippen LogP contribution >= 0.6 is 0 Å². The molecule has 0 saturated heterocycles. The Kier molecular flexibility index (Phi) is 6.12. The van der Waals surface area contributed by atoms with Gasteiger partial charge in [-0.1, -0.05) is 0 Å². The summed E-state index contributed by atoms with van der Waals surface area (Å²) in [4.78, 5) is 10.5. The molecule has 5 nitrogen and oxygen atoms in total. The van der Waals surface area contributed by atoms with Gasteiger partial charge in [0.1, 0.15) is 0 Å². The fraction of sp³-hybridized carbons (Fsp3) is 0.857. The second-order valence-corrected chi connectivity index (χ2v) is 6.69. The van der Waals surface area contributed by atoms with Crippen molar-refractivity contribution in [3.05, 3.63) is 0 Å². The van der Waals surface area contributed by atoms with Gasteiger partial charge in [0, 0.05) is 0 Å². The van der Waals surface area contributed by atoms with Gasteiger partial charge in [0.15, 0.2) is 0 Å². The molecule has 1 atom stereocenters. The van der Waals surface area contributed by atoms with Crippen LogP contribution in [0.2, 0.25) is 5.21 Å². The third kappa shape index (κ3) is 6.87. The van der Waals surface area contributed by atoms with Crippen LogP contribution in [0.4, 0.5) is 0 Å². The predicted octanol–water partition coefficient (Wildman–Crippen LogP) is 0.0738. The molecule has 0 saturated carbocycles. The van der Waals surface area contributed by atoms with Crippen LogP contribution in [0.1, 0.15) is 26.2 Å². The summed E-state index contributed by atoms with van der Waals surface area (Å²) in [5.74, 6) is -1.03. The topological polar surface area (TPSA) is 83.8 Å². The van der Waals surface area contributed by atoms with Crippen molar-refractivity contribution in [3.63, 3.8) is 0 Å². The number of hydrogen-bond donors (Lipinski definition) is 2. The quantitative estimate of drug-likeness (QED) is 0.517. The maximum atomic E-state index is 11.1. The molecule has 0 amide bonds. The number of carbonyl (C=O) groups is 1. The summed E-state index contributed by atoms with van der Waals surface area (Å²) in [6, 6.07) is 0. The van der Waals surface area contributed by atoms with Crippen molar-refractivity contribution in [2.45, 2.75) is 31.4 Å². The van der Waals surface area contributed by atoms with Gasteiger partial charge in [-0.3, -0.25) is 0 Å². The van der Waals surface area contributed by atoms with Crippen LogP contribution in [0.15, 0.2) is 0 Å². The molecule has 0 rings (SSSR count). The minimum absolute atomic E-state index is 0.0256. The van der Waals surface area contributed by atoms with E-state index in [-0.39, 0.29) is 5.21 Å². The molecule has 0 aromatic heterocycles. The van der Waals surface area contributed by atoms with Crippen molar-refractivity contribution in [2.75, 3.05) is 6.61 Å². The van der Waals surface area contributed by atoms with E-state index in [0.717, 1.165) is 12.8 Å². The average Bonchev–Trinajstić information content (AvgIpc) is 2.03. The van der Waals surface area contributed by atoms with Crippen molar-refractivity contribution in [3.8, 4) is 0 Å². The van der Waals surface area contributed by atoms with Gasteiger partial charge in [-0.2, -0.15) is 0 Å². The summed E-state index contributed by atoms with van der Waals surface area (Å²) in [6.07, 6.45) is 2.34. The van der Waals surface area contributed by atoms with E-state index in [0.29, 0.717) is 6.42 Å². The van der Waals surface area contributed by atoms with Gasteiger partial charge in [-0.15, -0.1) is 0 Å². The number of rotatable bonds is 6. The van der Waals surface area contributed by atoms with Crippen LogP contribution in [-0.4, -0.2) is 36.0 Å². The molecular formula is C7H15AsO5. The van der Waals surface area contributed by atoms with E-state index in [1.54, 1.807) is 0 Å². The first-order valence-electron chi connectivity index (χ1n) is 4.17. The van der Waals surface area contributed by atoms with Crippen molar-refractivity contribution < 1.29 is 21.5 Å². The molecule has 0 aromatic carbocycles. The van der Waals surface area contributed by atoms with Crippen LogP contribution in [0.5, 0.6) is 0 Å². The fourth-order valence-corrected chi connectivity index (χ4v) is 3.08. The Morgan fingerprint density at radius 1 is 1.46 bits per heavy atom. The van der Waals surface area contributed by atoms with E-state index in [1.807, 2.05) is 6.92 Å². The van der Waals surface area contributed by atoms with Crippen LogP contribution in [0.25, 0.3) is 0 Å². The van der Waals surface area contributed by atoms with Crippen molar-refractivity contribution in [2.24, 2.45) is 0 Å². The van der Waals surface area contributed by atoms with E-state index in [2.05, 4.69) is 3.73 Å². The molecule has 6 heteroatoms. The molecule has 78 valence electrons. The van der Waals surface area contributed by atoms with Crippen LogP contribution in [0.3, 0.4) is 0 Å². The Morgan fingerprint density at radius 3 is 2.54 bits per heavy atom. The van der Waals surface area contributed by atoms with Gasteiger partial charge in [-0.05, 0) is 0 Å². The molecule has 0 fully saturated rings. The Labute approximate surface area is 80.1 Å². The fourth-order valence-electron chi connectivity index (χ4n) is 0.795. The minimum atomic E-state index is -4.42.